The maximum atomic E-state index is 12.4. The molecule has 2 rings (SSSR count). The van der Waals surface area contributed by atoms with E-state index in [0.29, 0.717) is 18.2 Å². The molecule has 2 unspecified atom stereocenters. The second-order valence-electron chi connectivity index (χ2n) is 5.83. The highest BCUT2D eigenvalue weighted by atomic mass is 16.2. The molecule has 1 aromatic rings. The molecular formula is C16H23N3O2. The molecule has 0 radical (unpaired) electrons. The topological polar surface area (TPSA) is 75.4 Å². The molecule has 1 aliphatic rings. The van der Waals surface area contributed by atoms with E-state index in [1.807, 2.05) is 19.2 Å². The Kier molecular flexibility index (Phi) is 4.96. The summed E-state index contributed by atoms with van der Waals surface area (Å²) in [6.45, 7) is 3.57. The molecule has 1 saturated heterocycles. The molecule has 5 nitrogen and oxygen atoms in total. The van der Waals surface area contributed by atoms with E-state index in [2.05, 4.69) is 12.2 Å². The minimum atomic E-state index is -0.435. The lowest BCUT2D eigenvalue weighted by Gasteiger charge is -2.30. The molecule has 1 aliphatic heterocycles. The number of carbonyl (C=O) groups excluding carboxylic acids is 2. The largest absolute Gasteiger partial charge is 0.366 e. The number of amides is 2. The summed E-state index contributed by atoms with van der Waals surface area (Å²) in [7, 11) is 1.83. The average molecular weight is 289 g/mol. The smallest absolute Gasteiger partial charge is 0.248 e. The highest BCUT2D eigenvalue weighted by Crippen LogP contribution is 2.19. The van der Waals surface area contributed by atoms with Crippen molar-refractivity contribution in [3.63, 3.8) is 0 Å². The first kappa shape index (κ1) is 15.5. The van der Waals surface area contributed by atoms with Gasteiger partial charge in [-0.2, -0.15) is 0 Å². The van der Waals surface area contributed by atoms with Crippen molar-refractivity contribution in [3.8, 4) is 0 Å². The summed E-state index contributed by atoms with van der Waals surface area (Å²) in [6, 6.07) is 7.48. The van der Waals surface area contributed by atoms with Gasteiger partial charge in [-0.1, -0.05) is 12.1 Å². The summed E-state index contributed by atoms with van der Waals surface area (Å²) in [6.07, 6.45) is 1.79. The van der Waals surface area contributed by atoms with Gasteiger partial charge in [0.05, 0.1) is 0 Å². The quantitative estimate of drug-likeness (QED) is 0.872. The number of benzene rings is 1. The van der Waals surface area contributed by atoms with Crippen molar-refractivity contribution in [1.82, 2.24) is 10.2 Å². The Morgan fingerprint density at radius 3 is 2.57 bits per heavy atom. The predicted octanol–water partition coefficient (Wildman–Crippen LogP) is 1.13. The molecule has 0 saturated carbocycles. The minimum absolute atomic E-state index is 0.108. The third-order valence-corrected chi connectivity index (χ3v) is 4.01. The van der Waals surface area contributed by atoms with E-state index in [0.717, 1.165) is 24.9 Å². The maximum absolute atomic E-state index is 12.4. The third-order valence-electron chi connectivity index (χ3n) is 4.01. The molecule has 1 aromatic carbocycles. The number of nitrogens with two attached hydrogens (primary N) is 1. The monoisotopic (exact) mass is 289 g/mol. The van der Waals surface area contributed by atoms with E-state index in [-0.39, 0.29) is 11.8 Å². The van der Waals surface area contributed by atoms with Gasteiger partial charge >= 0.3 is 0 Å². The van der Waals surface area contributed by atoms with Crippen molar-refractivity contribution in [3.05, 3.63) is 35.4 Å². The van der Waals surface area contributed by atoms with E-state index < -0.39 is 5.91 Å². The van der Waals surface area contributed by atoms with E-state index in [1.54, 1.807) is 17.0 Å². The number of hydrogen-bond donors (Lipinski definition) is 2. The lowest BCUT2D eigenvalue weighted by Crippen LogP contribution is -2.42. The van der Waals surface area contributed by atoms with Crippen LogP contribution in [0.4, 0.5) is 0 Å². The van der Waals surface area contributed by atoms with Gasteiger partial charge in [-0.05, 0) is 44.0 Å². The van der Waals surface area contributed by atoms with Gasteiger partial charge in [-0.15, -0.1) is 0 Å². The van der Waals surface area contributed by atoms with Crippen LogP contribution in [0, 0.1) is 5.92 Å². The van der Waals surface area contributed by atoms with Crippen LogP contribution < -0.4 is 11.1 Å². The lowest BCUT2D eigenvalue weighted by atomic mass is 9.92. The van der Waals surface area contributed by atoms with Crippen molar-refractivity contribution in [1.29, 1.82) is 0 Å². The summed E-state index contributed by atoms with van der Waals surface area (Å²) >= 11 is 0. The Labute approximate surface area is 125 Å². The number of nitrogens with one attached hydrogen (secondary N) is 1. The summed E-state index contributed by atoms with van der Waals surface area (Å²) in [4.78, 5) is 25.2. The van der Waals surface area contributed by atoms with Gasteiger partial charge in [0.2, 0.25) is 11.8 Å². The van der Waals surface area contributed by atoms with Crippen molar-refractivity contribution < 1.29 is 9.59 Å². The SMILES string of the molecule is CC1CC(C(=O)N(C)Cc2ccc(C(N)=O)cc2)CCN1. The second kappa shape index (κ2) is 6.72. The average Bonchev–Trinajstić information content (AvgIpc) is 2.47. The van der Waals surface area contributed by atoms with Gasteiger partial charge in [0.15, 0.2) is 0 Å². The Morgan fingerprint density at radius 2 is 2.00 bits per heavy atom. The number of rotatable bonds is 4. The Morgan fingerprint density at radius 1 is 1.33 bits per heavy atom. The van der Waals surface area contributed by atoms with Crippen LogP contribution in [0.1, 0.15) is 35.7 Å². The van der Waals surface area contributed by atoms with Crippen LogP contribution in [-0.4, -0.2) is 36.3 Å². The Balaban J connectivity index is 1.95. The van der Waals surface area contributed by atoms with Crippen LogP contribution in [0.3, 0.4) is 0 Å². The molecule has 114 valence electrons. The first-order valence-electron chi connectivity index (χ1n) is 7.34. The van der Waals surface area contributed by atoms with Crippen LogP contribution in [0.2, 0.25) is 0 Å². The normalized spacial score (nSPS) is 21.8. The van der Waals surface area contributed by atoms with Crippen LogP contribution >= 0.6 is 0 Å². The van der Waals surface area contributed by atoms with Crippen LogP contribution in [0.25, 0.3) is 0 Å². The molecule has 0 bridgehead atoms. The molecule has 5 heteroatoms. The number of nitrogens with zero attached hydrogens (tertiary/aromatic N) is 1. The van der Waals surface area contributed by atoms with E-state index in [1.165, 1.54) is 0 Å². The standard InChI is InChI=1S/C16H23N3O2/c1-11-9-14(7-8-18-11)16(21)19(2)10-12-3-5-13(6-4-12)15(17)20/h3-6,11,14,18H,7-10H2,1-2H3,(H2,17,20). The highest BCUT2D eigenvalue weighted by Gasteiger charge is 2.26. The number of piperidine rings is 1. The fraction of sp³-hybridized carbons (Fsp3) is 0.500. The lowest BCUT2D eigenvalue weighted by molar-refractivity contribution is -0.135. The zero-order chi connectivity index (χ0) is 15.4. The first-order chi connectivity index (χ1) is 9.97. The van der Waals surface area contributed by atoms with Gasteiger partial charge in [0.1, 0.15) is 0 Å². The molecule has 0 aliphatic carbocycles. The van der Waals surface area contributed by atoms with Crippen LogP contribution in [0.15, 0.2) is 24.3 Å². The minimum Gasteiger partial charge on any atom is -0.366 e. The fourth-order valence-corrected chi connectivity index (χ4v) is 2.79. The molecule has 2 atom stereocenters. The third kappa shape index (κ3) is 4.04. The van der Waals surface area contributed by atoms with Crippen molar-refractivity contribution in [2.75, 3.05) is 13.6 Å². The Hall–Kier alpha value is -1.88. The molecule has 2 amide bonds. The van der Waals surface area contributed by atoms with E-state index in [4.69, 9.17) is 5.73 Å². The van der Waals surface area contributed by atoms with Crippen molar-refractivity contribution in [2.24, 2.45) is 11.7 Å². The molecule has 0 aromatic heterocycles. The van der Waals surface area contributed by atoms with Crippen molar-refractivity contribution in [2.45, 2.75) is 32.4 Å². The Bertz CT molecular complexity index is 513. The number of carbonyl (C=O) groups is 2. The fourth-order valence-electron chi connectivity index (χ4n) is 2.79. The number of primary amides is 1. The predicted molar refractivity (Wildman–Crippen MR) is 81.6 cm³/mol. The van der Waals surface area contributed by atoms with Gasteiger partial charge in [-0.3, -0.25) is 9.59 Å². The molecule has 1 fully saturated rings. The maximum Gasteiger partial charge on any atom is 0.248 e. The molecule has 3 N–H and O–H groups in total. The van der Waals surface area contributed by atoms with E-state index >= 15 is 0 Å². The van der Waals surface area contributed by atoms with Gasteiger partial charge in [0, 0.05) is 31.1 Å². The number of hydrogen-bond acceptors (Lipinski definition) is 3. The summed E-state index contributed by atoms with van der Waals surface area (Å²) < 4.78 is 0. The second-order valence-corrected chi connectivity index (χ2v) is 5.83. The zero-order valence-corrected chi connectivity index (χ0v) is 12.6. The van der Waals surface area contributed by atoms with Crippen LogP contribution in [0.5, 0.6) is 0 Å². The zero-order valence-electron chi connectivity index (χ0n) is 12.6. The summed E-state index contributed by atoms with van der Waals surface area (Å²) in [5.41, 5.74) is 6.70. The van der Waals surface area contributed by atoms with Crippen molar-refractivity contribution >= 4 is 11.8 Å². The molecule has 21 heavy (non-hydrogen) atoms. The molecule has 0 spiro atoms. The summed E-state index contributed by atoms with van der Waals surface area (Å²) in [5.74, 6) is -0.131. The van der Waals surface area contributed by atoms with Crippen LogP contribution in [-0.2, 0) is 11.3 Å². The van der Waals surface area contributed by atoms with Gasteiger partial charge in [-0.25, -0.2) is 0 Å². The van der Waals surface area contributed by atoms with E-state index in [9.17, 15) is 9.59 Å². The van der Waals surface area contributed by atoms with Gasteiger partial charge < -0.3 is 16.0 Å². The highest BCUT2D eigenvalue weighted by molar-refractivity contribution is 5.92. The molecule has 1 heterocycles. The summed E-state index contributed by atoms with van der Waals surface area (Å²) in [5, 5.41) is 3.36. The van der Waals surface area contributed by atoms with Gasteiger partial charge in [0.25, 0.3) is 0 Å². The molecular weight excluding hydrogens is 266 g/mol. The first-order valence-corrected chi connectivity index (χ1v) is 7.34.